The maximum Gasteiger partial charge on any atom is 0.268 e. The third-order valence-electron chi connectivity index (χ3n) is 4.96. The topological polar surface area (TPSA) is 58.2 Å². The van der Waals surface area contributed by atoms with Gasteiger partial charge < -0.3 is 9.72 Å². The fraction of sp³-hybridized carbons (Fsp3) is 0.273. The molecule has 0 unspecified atom stereocenters. The third kappa shape index (κ3) is 4.75. The normalized spacial score (nSPS) is 12.5. The maximum atomic E-state index is 12.4. The van der Waals surface area contributed by atoms with Gasteiger partial charge in [-0.2, -0.15) is 0 Å². The van der Waals surface area contributed by atoms with E-state index in [0.717, 1.165) is 24.2 Å². The van der Waals surface area contributed by atoms with E-state index in [1.807, 2.05) is 23.6 Å². The smallest absolute Gasteiger partial charge is 0.268 e. The minimum atomic E-state index is -0.0599. The molecule has 29 heavy (non-hydrogen) atoms. The quantitative estimate of drug-likeness (QED) is 0.445. The van der Waals surface area contributed by atoms with Crippen molar-refractivity contribution >= 4 is 32.9 Å². The van der Waals surface area contributed by atoms with Gasteiger partial charge in [0.1, 0.15) is 16.3 Å². The van der Waals surface area contributed by atoms with E-state index < -0.39 is 0 Å². The fourth-order valence-electron chi connectivity index (χ4n) is 3.37. The number of nitrogens with zero attached hydrogens (tertiary/aromatic N) is 2. The Bertz CT molecular complexity index is 1120. The molecule has 4 rings (SSSR count). The number of fused-ring (bicyclic) bond motifs is 1. The first-order chi connectivity index (χ1) is 14.1. The Labute approximate surface area is 177 Å². The van der Waals surface area contributed by atoms with E-state index in [-0.39, 0.29) is 5.56 Å². The number of thiophene rings is 2. The summed E-state index contributed by atoms with van der Waals surface area (Å²) in [5, 5.41) is 4.02. The summed E-state index contributed by atoms with van der Waals surface area (Å²) in [6.07, 6.45) is 0.957. The molecular weight excluding hydrogens is 402 g/mol. The number of ether oxygens (including phenoxy) is 1. The van der Waals surface area contributed by atoms with Gasteiger partial charge in [-0.05, 0) is 53.9 Å². The number of hydrogen-bond acceptors (Lipinski definition) is 6. The van der Waals surface area contributed by atoms with Crippen LogP contribution in [-0.2, 0) is 19.5 Å². The zero-order chi connectivity index (χ0) is 20.2. The number of aromatic amines is 1. The Balaban J connectivity index is 1.59. The van der Waals surface area contributed by atoms with Crippen LogP contribution in [0.25, 0.3) is 10.2 Å². The van der Waals surface area contributed by atoms with E-state index in [4.69, 9.17) is 4.74 Å². The van der Waals surface area contributed by atoms with Crippen molar-refractivity contribution in [1.29, 1.82) is 0 Å². The lowest BCUT2D eigenvalue weighted by Crippen LogP contribution is -2.34. The molecule has 0 spiro atoms. The van der Waals surface area contributed by atoms with Gasteiger partial charge in [0.05, 0.1) is 19.2 Å². The van der Waals surface area contributed by atoms with Gasteiger partial charge in [0.15, 0.2) is 0 Å². The third-order valence-corrected chi connectivity index (χ3v) is 6.76. The predicted molar refractivity (Wildman–Crippen MR) is 120 cm³/mol. The lowest BCUT2D eigenvalue weighted by Gasteiger charge is -2.28. The van der Waals surface area contributed by atoms with Crippen LogP contribution in [0.1, 0.15) is 23.2 Å². The molecule has 3 aromatic heterocycles. The Kier molecular flexibility index (Phi) is 6.08. The van der Waals surface area contributed by atoms with Crippen molar-refractivity contribution < 1.29 is 4.74 Å². The minimum Gasteiger partial charge on any atom is -0.497 e. The second-order valence-electron chi connectivity index (χ2n) is 7.03. The molecule has 4 aromatic rings. The summed E-state index contributed by atoms with van der Waals surface area (Å²) in [5.74, 6) is 1.55. The van der Waals surface area contributed by atoms with Crippen LogP contribution in [0.15, 0.2) is 58.0 Å². The lowest BCUT2D eigenvalue weighted by atomic mass is 10.1. The average Bonchev–Trinajstić information content (AvgIpc) is 3.40. The molecule has 1 atom stereocenters. The van der Waals surface area contributed by atoms with E-state index >= 15 is 0 Å². The SMILES string of the molecule is COc1ccc(CN(Cc2nc3ccsc3c(=O)[nH]2)[C@H](C)Cc2cccs2)cc1. The highest BCUT2D eigenvalue weighted by Crippen LogP contribution is 2.20. The number of rotatable bonds is 8. The van der Waals surface area contributed by atoms with Crippen LogP contribution in [0.3, 0.4) is 0 Å². The summed E-state index contributed by atoms with van der Waals surface area (Å²) in [5.41, 5.74) is 1.90. The zero-order valence-corrected chi connectivity index (χ0v) is 18.1. The molecule has 0 radical (unpaired) electrons. The second kappa shape index (κ2) is 8.90. The molecule has 0 aliphatic carbocycles. The Morgan fingerprint density at radius 1 is 1.10 bits per heavy atom. The average molecular weight is 426 g/mol. The van der Waals surface area contributed by atoms with E-state index in [1.54, 1.807) is 18.4 Å². The van der Waals surface area contributed by atoms with Gasteiger partial charge in [-0.25, -0.2) is 4.98 Å². The van der Waals surface area contributed by atoms with Crippen LogP contribution in [-0.4, -0.2) is 28.0 Å². The number of nitrogens with one attached hydrogen (secondary N) is 1. The maximum absolute atomic E-state index is 12.4. The molecule has 0 saturated heterocycles. The highest BCUT2D eigenvalue weighted by atomic mass is 32.1. The van der Waals surface area contributed by atoms with Crippen LogP contribution >= 0.6 is 22.7 Å². The number of hydrogen-bond donors (Lipinski definition) is 1. The van der Waals surface area contributed by atoms with Crippen LogP contribution in [0.4, 0.5) is 0 Å². The molecule has 3 heterocycles. The standard InChI is InChI=1S/C22H23N3O2S2/c1-15(12-18-4-3-10-28-18)25(13-16-5-7-17(27-2)8-6-16)14-20-23-19-9-11-29-21(19)22(26)24-20/h3-11,15H,12-14H2,1-2H3,(H,23,24,26)/t15-/m1/s1. The van der Waals surface area contributed by atoms with Crippen molar-refractivity contribution in [3.8, 4) is 5.75 Å². The largest absolute Gasteiger partial charge is 0.497 e. The van der Waals surface area contributed by atoms with Gasteiger partial charge in [0, 0.05) is 17.5 Å². The van der Waals surface area contributed by atoms with Crippen molar-refractivity contribution in [1.82, 2.24) is 14.9 Å². The number of aromatic nitrogens is 2. The first-order valence-electron chi connectivity index (χ1n) is 9.48. The molecule has 0 fully saturated rings. The highest BCUT2D eigenvalue weighted by molar-refractivity contribution is 7.17. The van der Waals surface area contributed by atoms with Gasteiger partial charge in [-0.3, -0.25) is 9.69 Å². The number of benzene rings is 1. The number of H-pyrrole nitrogens is 1. The molecule has 0 saturated carbocycles. The van der Waals surface area contributed by atoms with Crippen molar-refractivity contribution in [2.24, 2.45) is 0 Å². The predicted octanol–water partition coefficient (Wildman–Crippen LogP) is 4.69. The van der Waals surface area contributed by atoms with Crippen LogP contribution < -0.4 is 10.3 Å². The molecule has 0 bridgehead atoms. The van der Waals surface area contributed by atoms with Gasteiger partial charge >= 0.3 is 0 Å². The molecule has 1 aromatic carbocycles. The van der Waals surface area contributed by atoms with E-state index in [1.165, 1.54) is 21.8 Å². The molecule has 0 aliphatic rings. The van der Waals surface area contributed by atoms with E-state index in [2.05, 4.69) is 51.4 Å². The Morgan fingerprint density at radius 3 is 2.66 bits per heavy atom. The summed E-state index contributed by atoms with van der Waals surface area (Å²) in [7, 11) is 1.67. The van der Waals surface area contributed by atoms with Crippen LogP contribution in [0.2, 0.25) is 0 Å². The first-order valence-corrected chi connectivity index (χ1v) is 11.2. The molecule has 0 amide bonds. The lowest BCUT2D eigenvalue weighted by molar-refractivity contribution is 0.185. The molecule has 5 nitrogen and oxygen atoms in total. The summed E-state index contributed by atoms with van der Waals surface area (Å²) in [6, 6.07) is 14.6. The molecule has 150 valence electrons. The van der Waals surface area contributed by atoms with Crippen molar-refractivity contribution in [2.45, 2.75) is 32.5 Å². The summed E-state index contributed by atoms with van der Waals surface area (Å²) in [4.78, 5) is 23.7. The highest BCUT2D eigenvalue weighted by Gasteiger charge is 2.18. The van der Waals surface area contributed by atoms with Crippen LogP contribution in [0, 0.1) is 0 Å². The molecule has 7 heteroatoms. The Morgan fingerprint density at radius 2 is 1.93 bits per heavy atom. The van der Waals surface area contributed by atoms with Crippen molar-refractivity contribution in [3.05, 3.63) is 79.8 Å². The second-order valence-corrected chi connectivity index (χ2v) is 8.98. The monoisotopic (exact) mass is 425 g/mol. The first kappa shape index (κ1) is 19.8. The van der Waals surface area contributed by atoms with E-state index in [9.17, 15) is 4.79 Å². The van der Waals surface area contributed by atoms with Gasteiger partial charge in [-0.15, -0.1) is 22.7 Å². The minimum absolute atomic E-state index is 0.0599. The van der Waals surface area contributed by atoms with Gasteiger partial charge in [0.25, 0.3) is 5.56 Å². The van der Waals surface area contributed by atoms with Crippen molar-refractivity contribution in [2.75, 3.05) is 7.11 Å². The molecule has 0 aliphatic heterocycles. The Hall–Kier alpha value is -2.48. The van der Waals surface area contributed by atoms with Gasteiger partial charge in [0.2, 0.25) is 0 Å². The summed E-state index contributed by atoms with van der Waals surface area (Å²) in [6.45, 7) is 3.58. The number of methoxy groups -OCH3 is 1. The fourth-order valence-corrected chi connectivity index (χ4v) is 4.92. The van der Waals surface area contributed by atoms with Gasteiger partial charge in [-0.1, -0.05) is 18.2 Å². The molecule has 1 N–H and O–H groups in total. The van der Waals surface area contributed by atoms with Crippen LogP contribution in [0.5, 0.6) is 5.75 Å². The van der Waals surface area contributed by atoms with E-state index in [0.29, 0.717) is 23.1 Å². The van der Waals surface area contributed by atoms with Crippen molar-refractivity contribution in [3.63, 3.8) is 0 Å². The summed E-state index contributed by atoms with van der Waals surface area (Å²) >= 11 is 3.20. The zero-order valence-electron chi connectivity index (χ0n) is 16.4. The summed E-state index contributed by atoms with van der Waals surface area (Å²) < 4.78 is 5.96. The molecular formula is C22H23N3O2S2.